The molecule has 0 aromatic rings. The molecule has 60 valence electrons. The van der Waals surface area contributed by atoms with E-state index >= 15 is 0 Å². The maximum Gasteiger partial charge on any atom is 0.145 e. The number of hydrogen-bond acceptors (Lipinski definition) is 3. The number of nitrogens with one attached hydrogen (secondary N) is 1. The van der Waals surface area contributed by atoms with Crippen LogP contribution in [0.15, 0.2) is 5.70 Å². The third-order valence-corrected chi connectivity index (χ3v) is 1.24. The summed E-state index contributed by atoms with van der Waals surface area (Å²) in [4.78, 5) is 10.2. The molecule has 0 bridgehead atoms. The molecule has 0 atom stereocenters. The van der Waals surface area contributed by atoms with Crippen molar-refractivity contribution in [2.24, 2.45) is 5.92 Å². The van der Waals surface area contributed by atoms with Crippen molar-refractivity contribution < 1.29 is 4.79 Å². The highest BCUT2D eigenvalue weighted by molar-refractivity contribution is 5.51. The smallest absolute Gasteiger partial charge is 0.145 e. The van der Waals surface area contributed by atoms with Gasteiger partial charge in [0, 0.05) is 12.5 Å². The van der Waals surface area contributed by atoms with Crippen LogP contribution in [0.2, 0.25) is 0 Å². The van der Waals surface area contributed by atoms with Crippen LogP contribution in [-0.4, -0.2) is 12.5 Å². The van der Waals surface area contributed by atoms with Crippen molar-refractivity contribution in [3.8, 4) is 6.07 Å². The van der Waals surface area contributed by atoms with Gasteiger partial charge in [-0.15, -0.1) is 0 Å². The van der Waals surface area contributed by atoms with Crippen LogP contribution in [0.1, 0.15) is 20.3 Å². The average molecular weight is 152 g/mol. The van der Waals surface area contributed by atoms with Gasteiger partial charge in [0.15, 0.2) is 0 Å². The van der Waals surface area contributed by atoms with Gasteiger partial charge in [-0.2, -0.15) is 5.26 Å². The second-order valence-electron chi connectivity index (χ2n) is 2.51. The van der Waals surface area contributed by atoms with Gasteiger partial charge in [-0.25, -0.2) is 4.79 Å². The minimum Gasteiger partial charge on any atom is -0.378 e. The van der Waals surface area contributed by atoms with E-state index < -0.39 is 0 Å². The molecule has 0 aromatic heterocycles. The lowest BCUT2D eigenvalue weighted by atomic mass is 10.1. The van der Waals surface area contributed by atoms with Crippen molar-refractivity contribution in [3.05, 3.63) is 5.70 Å². The number of nitrogens with zero attached hydrogens (tertiary/aromatic N) is 1. The van der Waals surface area contributed by atoms with E-state index in [0.717, 1.165) is 0 Å². The topological polar surface area (TPSA) is 52.9 Å². The van der Waals surface area contributed by atoms with E-state index in [1.54, 1.807) is 5.94 Å². The van der Waals surface area contributed by atoms with Gasteiger partial charge < -0.3 is 5.32 Å². The van der Waals surface area contributed by atoms with Crippen LogP contribution in [-0.2, 0) is 4.79 Å². The highest BCUT2D eigenvalue weighted by atomic mass is 16.1. The van der Waals surface area contributed by atoms with E-state index in [-0.39, 0.29) is 5.92 Å². The SMILES string of the molecule is CC(C)C(=C=O)NCCC#N. The van der Waals surface area contributed by atoms with Crippen molar-refractivity contribution in [3.63, 3.8) is 0 Å². The molecular weight excluding hydrogens is 140 g/mol. The van der Waals surface area contributed by atoms with Gasteiger partial charge in [0.1, 0.15) is 5.94 Å². The summed E-state index contributed by atoms with van der Waals surface area (Å²) in [7, 11) is 0. The first-order chi connectivity index (χ1) is 5.22. The molecule has 0 aliphatic carbocycles. The summed E-state index contributed by atoms with van der Waals surface area (Å²) in [5, 5.41) is 11.0. The monoisotopic (exact) mass is 152 g/mol. The molecule has 0 rings (SSSR count). The fourth-order valence-electron chi connectivity index (χ4n) is 0.611. The molecule has 0 saturated heterocycles. The molecule has 11 heavy (non-hydrogen) atoms. The Bertz CT molecular complexity index is 197. The first kappa shape index (κ1) is 9.74. The van der Waals surface area contributed by atoms with Crippen LogP contribution in [0.25, 0.3) is 0 Å². The second-order valence-corrected chi connectivity index (χ2v) is 2.51. The Morgan fingerprint density at radius 2 is 2.27 bits per heavy atom. The predicted molar refractivity (Wildman–Crippen MR) is 42.3 cm³/mol. The van der Waals surface area contributed by atoms with Crippen molar-refractivity contribution in [2.45, 2.75) is 20.3 Å². The van der Waals surface area contributed by atoms with E-state index in [9.17, 15) is 4.79 Å². The first-order valence-corrected chi connectivity index (χ1v) is 3.58. The van der Waals surface area contributed by atoms with Crippen LogP contribution in [0.3, 0.4) is 0 Å². The van der Waals surface area contributed by atoms with E-state index in [1.807, 2.05) is 19.9 Å². The van der Waals surface area contributed by atoms with Gasteiger partial charge in [-0.3, -0.25) is 0 Å². The second kappa shape index (κ2) is 5.52. The normalized spacial score (nSPS) is 8.55. The zero-order valence-corrected chi connectivity index (χ0v) is 6.85. The maximum absolute atomic E-state index is 10.2. The van der Waals surface area contributed by atoms with Gasteiger partial charge in [-0.1, -0.05) is 13.8 Å². The molecule has 1 N–H and O–H groups in total. The molecule has 0 radical (unpaired) electrons. The zero-order valence-electron chi connectivity index (χ0n) is 6.85. The number of nitriles is 1. The Morgan fingerprint density at radius 1 is 1.64 bits per heavy atom. The van der Waals surface area contributed by atoms with Crippen LogP contribution >= 0.6 is 0 Å². The fourth-order valence-corrected chi connectivity index (χ4v) is 0.611. The number of hydrogen-bond donors (Lipinski definition) is 1. The lowest BCUT2D eigenvalue weighted by molar-refractivity contribution is 0.555. The average Bonchev–Trinajstić information content (AvgIpc) is 1.97. The molecule has 0 fully saturated rings. The number of carbonyl (C=O) groups excluding carboxylic acids is 1. The third kappa shape index (κ3) is 4.19. The molecule has 0 amide bonds. The van der Waals surface area contributed by atoms with Crippen molar-refractivity contribution in [1.82, 2.24) is 5.32 Å². The Labute approximate surface area is 66.7 Å². The third-order valence-electron chi connectivity index (χ3n) is 1.24. The molecule has 0 saturated carbocycles. The molecule has 3 heteroatoms. The summed E-state index contributed by atoms with van der Waals surface area (Å²) in [5.41, 5.74) is 0.542. The predicted octanol–water partition coefficient (Wildman–Crippen LogP) is 0.861. The van der Waals surface area contributed by atoms with Gasteiger partial charge in [0.25, 0.3) is 0 Å². The van der Waals surface area contributed by atoms with Crippen LogP contribution in [0.4, 0.5) is 0 Å². The molecular formula is C8H12N2O. The fraction of sp³-hybridized carbons (Fsp3) is 0.625. The van der Waals surface area contributed by atoms with Crippen molar-refractivity contribution in [1.29, 1.82) is 5.26 Å². The summed E-state index contributed by atoms with van der Waals surface area (Å²) in [6, 6.07) is 1.98. The van der Waals surface area contributed by atoms with Gasteiger partial charge in [0.2, 0.25) is 0 Å². The molecule has 0 heterocycles. The summed E-state index contributed by atoms with van der Waals surface area (Å²) in [6.45, 7) is 4.33. The van der Waals surface area contributed by atoms with Gasteiger partial charge in [0.05, 0.1) is 18.2 Å². The van der Waals surface area contributed by atoms with E-state index in [0.29, 0.717) is 18.7 Å². The molecule has 0 spiro atoms. The maximum atomic E-state index is 10.2. The largest absolute Gasteiger partial charge is 0.378 e. The van der Waals surface area contributed by atoms with Crippen molar-refractivity contribution in [2.75, 3.05) is 6.54 Å². The summed E-state index contributed by atoms with van der Waals surface area (Å²) in [5.74, 6) is 1.97. The molecule has 0 aromatic carbocycles. The van der Waals surface area contributed by atoms with E-state index in [2.05, 4.69) is 5.32 Å². The van der Waals surface area contributed by atoms with Crippen LogP contribution < -0.4 is 5.32 Å². The highest BCUT2D eigenvalue weighted by Gasteiger charge is 2.01. The summed E-state index contributed by atoms with van der Waals surface area (Å²) < 4.78 is 0. The summed E-state index contributed by atoms with van der Waals surface area (Å²) in [6.07, 6.45) is 0.415. The quantitative estimate of drug-likeness (QED) is 0.480. The van der Waals surface area contributed by atoms with Crippen LogP contribution in [0.5, 0.6) is 0 Å². The van der Waals surface area contributed by atoms with E-state index in [1.165, 1.54) is 0 Å². The first-order valence-electron chi connectivity index (χ1n) is 3.58. The van der Waals surface area contributed by atoms with E-state index in [4.69, 9.17) is 5.26 Å². The molecule has 0 unspecified atom stereocenters. The standard InChI is InChI=1S/C8H12N2O/c1-7(2)8(6-11)10-5-3-4-9/h7,10H,3,5H2,1-2H3. The zero-order chi connectivity index (χ0) is 8.69. The Balaban J connectivity index is 3.75. The Morgan fingerprint density at radius 3 is 2.64 bits per heavy atom. The highest BCUT2D eigenvalue weighted by Crippen LogP contribution is 2.00. The number of allylic oxidation sites excluding steroid dienone is 1. The van der Waals surface area contributed by atoms with Crippen molar-refractivity contribution >= 4 is 5.94 Å². The molecule has 0 aliphatic heterocycles. The minimum atomic E-state index is 0.159. The van der Waals surface area contributed by atoms with Crippen LogP contribution in [0, 0.1) is 17.2 Å². The molecule has 0 aliphatic rings. The molecule has 3 nitrogen and oxygen atoms in total. The Kier molecular flexibility index (Phi) is 4.89. The lowest BCUT2D eigenvalue weighted by Gasteiger charge is -2.07. The lowest BCUT2D eigenvalue weighted by Crippen LogP contribution is -2.18. The van der Waals surface area contributed by atoms with Gasteiger partial charge in [-0.05, 0) is 0 Å². The summed E-state index contributed by atoms with van der Waals surface area (Å²) >= 11 is 0. The Hall–Kier alpha value is -1.26. The number of rotatable bonds is 4. The van der Waals surface area contributed by atoms with Gasteiger partial charge >= 0.3 is 0 Å². The minimum absolute atomic E-state index is 0.159.